The summed E-state index contributed by atoms with van der Waals surface area (Å²) in [4.78, 5) is 0. The second-order valence-corrected chi connectivity index (χ2v) is 7.01. The first kappa shape index (κ1) is 10.4. The highest BCUT2D eigenvalue weighted by atomic mass is 32.2. The van der Waals surface area contributed by atoms with Crippen LogP contribution in [0.5, 0.6) is 0 Å². The van der Waals surface area contributed by atoms with Gasteiger partial charge in [-0.25, -0.2) is 8.42 Å². The van der Waals surface area contributed by atoms with Crippen molar-refractivity contribution in [3.8, 4) is 0 Å². The normalized spacial score (nSPS) is 34.8. The summed E-state index contributed by atoms with van der Waals surface area (Å²) in [5, 5.41) is 0. The van der Waals surface area contributed by atoms with Gasteiger partial charge in [-0.05, 0) is 31.1 Å². The van der Waals surface area contributed by atoms with E-state index in [0.29, 0.717) is 17.4 Å². The highest BCUT2D eigenvalue weighted by Crippen LogP contribution is 2.33. The fraction of sp³-hybridized carbons (Fsp3) is 1.00. The van der Waals surface area contributed by atoms with Gasteiger partial charge in [0.15, 0.2) is 9.84 Å². The van der Waals surface area contributed by atoms with Crippen LogP contribution in [-0.4, -0.2) is 26.0 Å². The maximum atomic E-state index is 11.3. The molecule has 1 saturated carbocycles. The molecule has 3 nitrogen and oxygen atoms in total. The number of sulfone groups is 1. The zero-order valence-electron chi connectivity index (χ0n) is 8.48. The smallest absolute Gasteiger partial charge is 0.150 e. The van der Waals surface area contributed by atoms with E-state index in [1.54, 1.807) is 0 Å². The van der Waals surface area contributed by atoms with Crippen LogP contribution in [0.1, 0.15) is 32.1 Å². The van der Waals surface area contributed by atoms with Crippen LogP contribution in [0.2, 0.25) is 0 Å². The van der Waals surface area contributed by atoms with Gasteiger partial charge < -0.3 is 5.73 Å². The molecule has 1 aliphatic carbocycles. The summed E-state index contributed by atoms with van der Waals surface area (Å²) in [7, 11) is -2.75. The van der Waals surface area contributed by atoms with Crippen molar-refractivity contribution in [2.24, 2.45) is 17.6 Å². The Morgan fingerprint density at radius 3 is 2.21 bits per heavy atom. The van der Waals surface area contributed by atoms with Crippen LogP contribution in [0.4, 0.5) is 0 Å². The van der Waals surface area contributed by atoms with Crippen LogP contribution in [0.25, 0.3) is 0 Å². The van der Waals surface area contributed by atoms with E-state index in [0.717, 1.165) is 6.42 Å². The van der Waals surface area contributed by atoms with E-state index in [9.17, 15) is 8.42 Å². The minimum absolute atomic E-state index is 0.134. The molecule has 0 spiro atoms. The molecule has 1 aliphatic heterocycles. The lowest BCUT2D eigenvalue weighted by Crippen LogP contribution is -2.37. The predicted octanol–water partition coefficient (Wildman–Crippen LogP) is 0.939. The maximum absolute atomic E-state index is 11.3. The molecule has 0 amide bonds. The Kier molecular flexibility index (Phi) is 2.84. The summed E-state index contributed by atoms with van der Waals surface area (Å²) in [6, 6.07) is 0.134. The Hall–Kier alpha value is -0.0900. The van der Waals surface area contributed by atoms with Crippen molar-refractivity contribution in [3.63, 3.8) is 0 Å². The van der Waals surface area contributed by atoms with Gasteiger partial charge in [0.25, 0.3) is 0 Å². The molecule has 2 atom stereocenters. The molecular formula is C10H19NO2S. The monoisotopic (exact) mass is 217 g/mol. The summed E-state index contributed by atoms with van der Waals surface area (Å²) in [6.45, 7) is 0. The van der Waals surface area contributed by atoms with Crippen LogP contribution >= 0.6 is 0 Å². The van der Waals surface area contributed by atoms with Gasteiger partial charge >= 0.3 is 0 Å². The minimum Gasteiger partial charge on any atom is -0.327 e. The maximum Gasteiger partial charge on any atom is 0.150 e. The van der Waals surface area contributed by atoms with Gasteiger partial charge in [0.05, 0.1) is 11.5 Å². The van der Waals surface area contributed by atoms with Gasteiger partial charge in [-0.1, -0.05) is 12.8 Å². The molecule has 1 saturated heterocycles. The fourth-order valence-corrected chi connectivity index (χ4v) is 4.72. The summed E-state index contributed by atoms with van der Waals surface area (Å²) >= 11 is 0. The SMILES string of the molecule is NC(C1CCCC1)C1CCS(=O)(=O)C1. The summed E-state index contributed by atoms with van der Waals surface area (Å²) in [5.41, 5.74) is 6.14. The third-order valence-corrected chi connectivity index (χ3v) is 5.55. The molecule has 2 rings (SSSR count). The number of rotatable bonds is 2. The first-order chi connectivity index (χ1) is 6.58. The second kappa shape index (κ2) is 3.81. The highest BCUT2D eigenvalue weighted by Gasteiger charge is 2.36. The zero-order chi connectivity index (χ0) is 10.2. The Balaban J connectivity index is 1.95. The van der Waals surface area contributed by atoms with Crippen molar-refractivity contribution < 1.29 is 8.42 Å². The summed E-state index contributed by atoms with van der Waals surface area (Å²) in [5.74, 6) is 1.53. The predicted molar refractivity (Wildman–Crippen MR) is 56.7 cm³/mol. The van der Waals surface area contributed by atoms with Gasteiger partial charge in [-0.2, -0.15) is 0 Å². The Labute approximate surface area is 86.0 Å². The number of hydrogen-bond donors (Lipinski definition) is 1. The van der Waals surface area contributed by atoms with E-state index in [2.05, 4.69) is 0 Å². The lowest BCUT2D eigenvalue weighted by molar-refractivity contribution is 0.334. The van der Waals surface area contributed by atoms with Crippen molar-refractivity contribution in [2.45, 2.75) is 38.1 Å². The molecule has 4 heteroatoms. The lowest BCUT2D eigenvalue weighted by atomic mass is 9.87. The molecule has 0 radical (unpaired) electrons. The number of nitrogens with two attached hydrogens (primary N) is 1. The van der Waals surface area contributed by atoms with Gasteiger partial charge in [0, 0.05) is 6.04 Å². The van der Waals surface area contributed by atoms with Crippen molar-refractivity contribution in [1.29, 1.82) is 0 Å². The molecule has 2 N–H and O–H groups in total. The van der Waals surface area contributed by atoms with Crippen molar-refractivity contribution in [3.05, 3.63) is 0 Å². The third kappa shape index (κ3) is 2.11. The molecule has 2 aliphatic rings. The molecule has 0 aromatic carbocycles. The minimum atomic E-state index is -2.75. The van der Waals surface area contributed by atoms with Crippen LogP contribution in [0.3, 0.4) is 0 Å². The van der Waals surface area contributed by atoms with Crippen LogP contribution < -0.4 is 5.73 Å². The van der Waals surface area contributed by atoms with Gasteiger partial charge in [-0.15, -0.1) is 0 Å². The largest absolute Gasteiger partial charge is 0.327 e. The zero-order valence-corrected chi connectivity index (χ0v) is 9.30. The molecular weight excluding hydrogens is 198 g/mol. The van der Waals surface area contributed by atoms with Crippen LogP contribution in [0, 0.1) is 11.8 Å². The molecule has 0 aromatic heterocycles. The second-order valence-electron chi connectivity index (χ2n) is 4.79. The first-order valence-electron chi connectivity index (χ1n) is 5.54. The Morgan fingerprint density at radius 1 is 1.07 bits per heavy atom. The quantitative estimate of drug-likeness (QED) is 0.749. The van der Waals surface area contributed by atoms with E-state index in [1.165, 1.54) is 25.7 Å². The Morgan fingerprint density at radius 2 is 1.71 bits per heavy atom. The fourth-order valence-electron chi connectivity index (χ4n) is 2.85. The van der Waals surface area contributed by atoms with E-state index in [1.807, 2.05) is 0 Å². The van der Waals surface area contributed by atoms with E-state index in [4.69, 9.17) is 5.73 Å². The molecule has 82 valence electrons. The van der Waals surface area contributed by atoms with Gasteiger partial charge in [0.2, 0.25) is 0 Å². The number of hydrogen-bond acceptors (Lipinski definition) is 3. The van der Waals surface area contributed by atoms with E-state index in [-0.39, 0.29) is 12.0 Å². The average molecular weight is 217 g/mol. The lowest BCUT2D eigenvalue weighted by Gasteiger charge is -2.23. The molecule has 2 fully saturated rings. The molecule has 1 heterocycles. The summed E-state index contributed by atoms with van der Waals surface area (Å²) < 4.78 is 22.6. The van der Waals surface area contributed by atoms with E-state index >= 15 is 0 Å². The van der Waals surface area contributed by atoms with Crippen LogP contribution in [0.15, 0.2) is 0 Å². The topological polar surface area (TPSA) is 60.2 Å². The molecule has 0 bridgehead atoms. The standard InChI is InChI=1S/C10H19NO2S/c11-10(8-3-1-2-4-8)9-5-6-14(12,13)7-9/h8-10H,1-7,11H2. The van der Waals surface area contributed by atoms with Crippen LogP contribution in [-0.2, 0) is 9.84 Å². The average Bonchev–Trinajstić information content (AvgIpc) is 2.72. The Bertz CT molecular complexity index is 293. The molecule has 2 unspecified atom stereocenters. The summed E-state index contributed by atoms with van der Waals surface area (Å²) in [6.07, 6.45) is 5.76. The third-order valence-electron chi connectivity index (χ3n) is 3.76. The van der Waals surface area contributed by atoms with E-state index < -0.39 is 9.84 Å². The molecule has 0 aromatic rings. The van der Waals surface area contributed by atoms with Gasteiger partial charge in [-0.3, -0.25) is 0 Å². The highest BCUT2D eigenvalue weighted by molar-refractivity contribution is 7.91. The van der Waals surface area contributed by atoms with Gasteiger partial charge in [0.1, 0.15) is 0 Å². The van der Waals surface area contributed by atoms with Crippen molar-refractivity contribution in [2.75, 3.05) is 11.5 Å². The van der Waals surface area contributed by atoms with Crippen molar-refractivity contribution >= 4 is 9.84 Å². The first-order valence-corrected chi connectivity index (χ1v) is 7.37. The van der Waals surface area contributed by atoms with Crippen molar-refractivity contribution in [1.82, 2.24) is 0 Å². The molecule has 14 heavy (non-hydrogen) atoms.